The molecule has 25 heavy (non-hydrogen) atoms. The van der Waals surface area contributed by atoms with Crippen molar-refractivity contribution in [3.05, 3.63) is 47.7 Å². The Balaban J connectivity index is 1.73. The van der Waals surface area contributed by atoms with E-state index in [0.29, 0.717) is 31.0 Å². The van der Waals surface area contributed by atoms with Crippen molar-refractivity contribution in [1.29, 1.82) is 0 Å². The average molecular weight is 341 g/mol. The van der Waals surface area contributed by atoms with Gasteiger partial charge < -0.3 is 16.0 Å². The van der Waals surface area contributed by atoms with Crippen molar-refractivity contribution in [3.63, 3.8) is 0 Å². The van der Waals surface area contributed by atoms with E-state index in [9.17, 15) is 9.59 Å². The van der Waals surface area contributed by atoms with Crippen LogP contribution < -0.4 is 11.1 Å². The van der Waals surface area contributed by atoms with E-state index in [1.54, 1.807) is 6.20 Å². The lowest BCUT2D eigenvalue weighted by Crippen LogP contribution is -2.49. The van der Waals surface area contributed by atoms with Gasteiger partial charge in [-0.15, -0.1) is 0 Å². The largest absolute Gasteiger partial charge is 0.366 e. The molecule has 1 aliphatic heterocycles. The fourth-order valence-electron chi connectivity index (χ4n) is 3.78. The molecule has 1 unspecified atom stereocenters. The summed E-state index contributed by atoms with van der Waals surface area (Å²) in [6.07, 6.45) is 8.75. The Morgan fingerprint density at radius 1 is 1.08 bits per heavy atom. The highest BCUT2D eigenvalue weighted by atomic mass is 16.2. The zero-order valence-electron chi connectivity index (χ0n) is 14.6. The molecule has 2 amide bonds. The van der Waals surface area contributed by atoms with Gasteiger partial charge in [-0.1, -0.05) is 49.6 Å². The van der Waals surface area contributed by atoms with Crippen LogP contribution in [0.4, 0.5) is 0 Å². The van der Waals surface area contributed by atoms with Gasteiger partial charge >= 0.3 is 0 Å². The Kier molecular flexibility index (Phi) is 5.74. The van der Waals surface area contributed by atoms with Crippen molar-refractivity contribution in [1.82, 2.24) is 10.2 Å². The van der Waals surface area contributed by atoms with Gasteiger partial charge in [-0.3, -0.25) is 9.59 Å². The summed E-state index contributed by atoms with van der Waals surface area (Å²) >= 11 is 0. The minimum Gasteiger partial charge on any atom is -0.366 e. The first-order chi connectivity index (χ1) is 12.1. The van der Waals surface area contributed by atoms with Crippen LogP contribution in [0.25, 0.3) is 0 Å². The van der Waals surface area contributed by atoms with Gasteiger partial charge in [-0.25, -0.2) is 0 Å². The normalized spacial score (nSPS) is 21.5. The van der Waals surface area contributed by atoms with Crippen LogP contribution in [0.2, 0.25) is 0 Å². The number of hydrogen-bond donors (Lipinski definition) is 2. The summed E-state index contributed by atoms with van der Waals surface area (Å²) in [6.45, 7) is 0.598. The maximum absolute atomic E-state index is 12.8. The number of nitrogens with two attached hydrogens (primary N) is 1. The van der Waals surface area contributed by atoms with Crippen LogP contribution in [0, 0.1) is 0 Å². The molecule has 0 saturated heterocycles. The molecule has 134 valence electrons. The number of nitrogens with zero attached hydrogens (tertiary/aromatic N) is 1. The van der Waals surface area contributed by atoms with Crippen LogP contribution >= 0.6 is 0 Å². The van der Waals surface area contributed by atoms with Gasteiger partial charge in [0.1, 0.15) is 6.04 Å². The Morgan fingerprint density at radius 2 is 1.80 bits per heavy atom. The SMILES string of the molecule is NC(=O)C1=CN(Cc2ccccc2)C(C(=O)NC2CCCCC2)CC1. The van der Waals surface area contributed by atoms with Crippen molar-refractivity contribution in [2.75, 3.05) is 0 Å². The van der Waals surface area contributed by atoms with Gasteiger partial charge in [0, 0.05) is 24.4 Å². The minimum atomic E-state index is -0.399. The molecule has 2 aliphatic rings. The summed E-state index contributed by atoms with van der Waals surface area (Å²) in [5.41, 5.74) is 7.17. The second-order valence-corrected chi connectivity index (χ2v) is 7.07. The third-order valence-electron chi connectivity index (χ3n) is 5.19. The van der Waals surface area contributed by atoms with Crippen molar-refractivity contribution in [3.8, 4) is 0 Å². The molecule has 1 fully saturated rings. The van der Waals surface area contributed by atoms with Crippen molar-refractivity contribution >= 4 is 11.8 Å². The summed E-state index contributed by atoms with van der Waals surface area (Å²) < 4.78 is 0. The van der Waals surface area contributed by atoms with Crippen molar-refractivity contribution in [2.24, 2.45) is 5.73 Å². The highest BCUT2D eigenvalue weighted by Gasteiger charge is 2.30. The standard InChI is InChI=1S/C20H27N3O2/c21-19(24)16-11-12-18(20(25)22-17-9-5-2-6-10-17)23(14-16)13-15-7-3-1-4-8-15/h1,3-4,7-8,14,17-18H,2,5-6,9-13H2,(H2,21,24)(H,22,25). The quantitative estimate of drug-likeness (QED) is 0.864. The lowest BCUT2D eigenvalue weighted by atomic mass is 9.94. The molecule has 0 bridgehead atoms. The van der Waals surface area contributed by atoms with Crippen molar-refractivity contribution < 1.29 is 9.59 Å². The maximum Gasteiger partial charge on any atom is 0.246 e. The first kappa shape index (κ1) is 17.5. The van der Waals surface area contributed by atoms with E-state index in [1.165, 1.54) is 19.3 Å². The average Bonchev–Trinajstić information content (AvgIpc) is 2.63. The predicted molar refractivity (Wildman–Crippen MR) is 97.3 cm³/mol. The van der Waals surface area contributed by atoms with E-state index in [1.807, 2.05) is 35.2 Å². The van der Waals surface area contributed by atoms with Crippen LogP contribution in [0.3, 0.4) is 0 Å². The number of carbonyl (C=O) groups excluding carboxylic acids is 2. The van der Waals surface area contributed by atoms with Crippen LogP contribution in [-0.4, -0.2) is 28.8 Å². The van der Waals surface area contributed by atoms with Crippen LogP contribution in [0.5, 0.6) is 0 Å². The van der Waals surface area contributed by atoms with E-state index >= 15 is 0 Å². The van der Waals surface area contributed by atoms with Gasteiger partial charge in [0.2, 0.25) is 11.8 Å². The molecular formula is C20H27N3O2. The van der Waals surface area contributed by atoms with Gasteiger partial charge in [0.25, 0.3) is 0 Å². The van der Waals surface area contributed by atoms with Crippen molar-refractivity contribution in [2.45, 2.75) is 63.6 Å². The summed E-state index contributed by atoms with van der Waals surface area (Å²) in [5.74, 6) is -0.327. The third kappa shape index (κ3) is 4.62. The first-order valence-electron chi connectivity index (χ1n) is 9.24. The zero-order valence-corrected chi connectivity index (χ0v) is 14.6. The van der Waals surface area contributed by atoms with Gasteiger partial charge in [0.15, 0.2) is 0 Å². The molecule has 1 heterocycles. The topological polar surface area (TPSA) is 75.4 Å². The van der Waals surface area contributed by atoms with Gasteiger partial charge in [-0.2, -0.15) is 0 Å². The van der Waals surface area contributed by atoms with E-state index < -0.39 is 5.91 Å². The Hall–Kier alpha value is -2.30. The zero-order chi connectivity index (χ0) is 17.6. The number of benzene rings is 1. The van der Waals surface area contributed by atoms with E-state index in [4.69, 9.17) is 5.73 Å². The minimum absolute atomic E-state index is 0.0719. The van der Waals surface area contributed by atoms with Gasteiger partial charge in [0.05, 0.1) is 0 Å². The fourth-order valence-corrected chi connectivity index (χ4v) is 3.78. The summed E-state index contributed by atoms with van der Waals surface area (Å²) in [6, 6.07) is 10.0. The second-order valence-electron chi connectivity index (χ2n) is 7.07. The summed E-state index contributed by atoms with van der Waals surface area (Å²) in [4.78, 5) is 26.4. The highest BCUT2D eigenvalue weighted by Crippen LogP contribution is 2.24. The number of nitrogens with one attached hydrogen (secondary N) is 1. The molecule has 5 nitrogen and oxygen atoms in total. The molecule has 5 heteroatoms. The molecule has 1 atom stereocenters. The fraction of sp³-hybridized carbons (Fsp3) is 0.500. The number of rotatable bonds is 5. The molecule has 1 aliphatic carbocycles. The Bertz CT molecular complexity index is 636. The number of primary amides is 1. The molecule has 3 N–H and O–H groups in total. The molecule has 3 rings (SSSR count). The van der Waals surface area contributed by atoms with E-state index in [0.717, 1.165) is 18.4 Å². The third-order valence-corrected chi connectivity index (χ3v) is 5.19. The molecule has 1 aromatic carbocycles. The first-order valence-corrected chi connectivity index (χ1v) is 9.24. The number of carbonyl (C=O) groups is 2. The van der Waals surface area contributed by atoms with Crippen LogP contribution in [0.1, 0.15) is 50.5 Å². The van der Waals surface area contributed by atoms with Crippen LogP contribution in [0.15, 0.2) is 42.1 Å². The predicted octanol–water partition coefficient (Wildman–Crippen LogP) is 2.47. The molecule has 1 saturated carbocycles. The van der Waals surface area contributed by atoms with E-state index in [2.05, 4.69) is 5.32 Å². The summed E-state index contributed by atoms with van der Waals surface area (Å²) in [7, 11) is 0. The molecule has 0 spiro atoms. The molecule has 0 aromatic heterocycles. The van der Waals surface area contributed by atoms with Gasteiger partial charge in [-0.05, 0) is 31.2 Å². The molecule has 0 radical (unpaired) electrons. The number of hydrogen-bond acceptors (Lipinski definition) is 3. The molecule has 1 aromatic rings. The maximum atomic E-state index is 12.8. The molecular weight excluding hydrogens is 314 g/mol. The monoisotopic (exact) mass is 341 g/mol. The number of amides is 2. The summed E-state index contributed by atoms with van der Waals surface area (Å²) in [5, 5.41) is 3.22. The smallest absolute Gasteiger partial charge is 0.246 e. The van der Waals surface area contributed by atoms with Crippen LogP contribution in [-0.2, 0) is 16.1 Å². The lowest BCUT2D eigenvalue weighted by molar-refractivity contribution is -0.127. The lowest BCUT2D eigenvalue weighted by Gasteiger charge is -2.35. The highest BCUT2D eigenvalue weighted by molar-refractivity contribution is 5.92. The Labute approximate surface area is 149 Å². The van der Waals surface area contributed by atoms with E-state index in [-0.39, 0.29) is 11.9 Å². The Morgan fingerprint density at radius 3 is 2.48 bits per heavy atom. The second kappa shape index (κ2) is 8.19.